The highest BCUT2D eigenvalue weighted by Gasteiger charge is 2.12. The van der Waals surface area contributed by atoms with E-state index in [0.717, 1.165) is 17.1 Å². The van der Waals surface area contributed by atoms with Crippen molar-refractivity contribution in [3.05, 3.63) is 40.7 Å². The number of hydrogen-bond acceptors (Lipinski definition) is 1. The fraction of sp³-hybridized carbons (Fsp3) is 0.385. The molecule has 0 atom stereocenters. The summed E-state index contributed by atoms with van der Waals surface area (Å²) in [6, 6.07) is 6.57. The molecule has 2 aromatic heterocycles. The van der Waals surface area contributed by atoms with Crippen molar-refractivity contribution in [2.75, 3.05) is 0 Å². The fourth-order valence-corrected chi connectivity index (χ4v) is 2.14. The Morgan fingerprint density at radius 2 is 2.12 bits per heavy atom. The van der Waals surface area contributed by atoms with Gasteiger partial charge in [-0.05, 0) is 24.6 Å². The van der Waals surface area contributed by atoms with Crippen LogP contribution in [0.25, 0.3) is 5.52 Å². The molecule has 0 aliphatic heterocycles. The maximum absolute atomic E-state index is 6.31. The molecule has 1 N–H and O–H groups in total. The zero-order valence-electron chi connectivity index (χ0n) is 9.92. The topological polar surface area (TPSA) is 16.4 Å². The van der Waals surface area contributed by atoms with Crippen molar-refractivity contribution in [1.29, 1.82) is 0 Å². The molecule has 0 amide bonds. The zero-order chi connectivity index (χ0) is 11.7. The Labute approximate surface area is 101 Å². The number of rotatable bonds is 3. The summed E-state index contributed by atoms with van der Waals surface area (Å²) in [4.78, 5) is 0. The van der Waals surface area contributed by atoms with Gasteiger partial charge < -0.3 is 9.72 Å². The normalized spacial score (nSPS) is 11.6. The van der Waals surface area contributed by atoms with Crippen LogP contribution in [0.15, 0.2) is 24.4 Å². The zero-order valence-corrected chi connectivity index (χ0v) is 10.7. The van der Waals surface area contributed by atoms with Gasteiger partial charge in [0, 0.05) is 24.5 Å². The molecule has 0 spiro atoms. The van der Waals surface area contributed by atoms with Gasteiger partial charge in [-0.2, -0.15) is 0 Å². The van der Waals surface area contributed by atoms with E-state index >= 15 is 0 Å². The van der Waals surface area contributed by atoms with Gasteiger partial charge in [0.2, 0.25) is 0 Å². The number of nitrogens with zero attached hydrogens (tertiary/aromatic N) is 1. The lowest BCUT2D eigenvalue weighted by atomic mass is 10.2. The minimum Gasteiger partial charge on any atom is -0.318 e. The lowest BCUT2D eigenvalue weighted by molar-refractivity contribution is 0.578. The minimum absolute atomic E-state index is 0.479. The molecule has 3 heteroatoms. The van der Waals surface area contributed by atoms with Crippen LogP contribution in [-0.4, -0.2) is 10.4 Å². The van der Waals surface area contributed by atoms with E-state index in [-0.39, 0.29) is 0 Å². The summed E-state index contributed by atoms with van der Waals surface area (Å²) in [6.07, 6.45) is 2.06. The van der Waals surface area contributed by atoms with Crippen molar-refractivity contribution in [1.82, 2.24) is 9.72 Å². The molecular formula is C13H17ClN2. The smallest absolute Gasteiger partial charge is 0.0693 e. The van der Waals surface area contributed by atoms with E-state index in [2.05, 4.69) is 36.7 Å². The first-order valence-electron chi connectivity index (χ1n) is 5.58. The summed E-state index contributed by atoms with van der Waals surface area (Å²) >= 11 is 6.31. The van der Waals surface area contributed by atoms with Crippen molar-refractivity contribution >= 4 is 17.1 Å². The number of hydrogen-bond donors (Lipinski definition) is 1. The van der Waals surface area contributed by atoms with Crippen LogP contribution in [0.4, 0.5) is 0 Å². The molecule has 2 rings (SSSR count). The van der Waals surface area contributed by atoms with Crippen molar-refractivity contribution in [3.8, 4) is 0 Å². The third-order valence-corrected chi connectivity index (χ3v) is 3.29. The molecule has 0 fully saturated rings. The highest BCUT2D eigenvalue weighted by atomic mass is 35.5. The maximum Gasteiger partial charge on any atom is 0.0693 e. The average Bonchev–Trinajstić information content (AvgIpc) is 2.50. The molecule has 2 nitrogen and oxygen atoms in total. The standard InChI is InChI=1S/C13H17ClN2/c1-9(2)15-8-12-10(3)13(14)11-6-4-5-7-16(11)12/h4-7,9,15H,8H2,1-3H3. The predicted octanol–water partition coefficient (Wildman–Crippen LogP) is 3.40. The summed E-state index contributed by atoms with van der Waals surface area (Å²) in [5.41, 5.74) is 3.50. The molecule has 2 aromatic rings. The van der Waals surface area contributed by atoms with Gasteiger partial charge in [-0.15, -0.1) is 0 Å². The molecule has 0 bridgehead atoms. The molecule has 16 heavy (non-hydrogen) atoms. The molecular weight excluding hydrogens is 220 g/mol. The van der Waals surface area contributed by atoms with E-state index in [1.807, 2.05) is 18.2 Å². The highest BCUT2D eigenvalue weighted by molar-refractivity contribution is 6.34. The maximum atomic E-state index is 6.31. The second kappa shape index (κ2) is 4.48. The Balaban J connectivity index is 2.47. The Bertz CT molecular complexity index is 500. The van der Waals surface area contributed by atoms with Crippen LogP contribution < -0.4 is 5.32 Å². The van der Waals surface area contributed by atoms with E-state index in [9.17, 15) is 0 Å². The van der Waals surface area contributed by atoms with Crippen LogP contribution in [0.2, 0.25) is 5.02 Å². The highest BCUT2D eigenvalue weighted by Crippen LogP contribution is 2.27. The summed E-state index contributed by atoms with van der Waals surface area (Å²) in [5.74, 6) is 0. The molecule has 0 aromatic carbocycles. The Morgan fingerprint density at radius 3 is 2.81 bits per heavy atom. The second-order valence-electron chi connectivity index (χ2n) is 4.38. The van der Waals surface area contributed by atoms with Crippen molar-refractivity contribution in [3.63, 3.8) is 0 Å². The molecule has 0 saturated carbocycles. The molecule has 0 aliphatic rings. The summed E-state index contributed by atoms with van der Waals surface area (Å²) < 4.78 is 2.16. The van der Waals surface area contributed by atoms with Gasteiger partial charge in [-0.3, -0.25) is 0 Å². The lowest BCUT2D eigenvalue weighted by Gasteiger charge is -2.09. The molecule has 0 radical (unpaired) electrons. The van der Waals surface area contributed by atoms with Gasteiger partial charge in [0.1, 0.15) is 0 Å². The van der Waals surface area contributed by atoms with E-state index in [1.54, 1.807) is 0 Å². The van der Waals surface area contributed by atoms with E-state index < -0.39 is 0 Å². The lowest BCUT2D eigenvalue weighted by Crippen LogP contribution is -2.23. The number of aromatic nitrogens is 1. The number of fused-ring (bicyclic) bond motifs is 1. The SMILES string of the molecule is Cc1c(Cl)c2ccccn2c1CNC(C)C. The molecule has 86 valence electrons. The van der Waals surface area contributed by atoms with Crippen LogP contribution in [-0.2, 0) is 6.54 Å². The van der Waals surface area contributed by atoms with Gasteiger partial charge in [-0.1, -0.05) is 31.5 Å². The monoisotopic (exact) mass is 236 g/mol. The summed E-state index contributed by atoms with van der Waals surface area (Å²) in [7, 11) is 0. The van der Waals surface area contributed by atoms with Crippen LogP contribution in [0.5, 0.6) is 0 Å². The largest absolute Gasteiger partial charge is 0.318 e. The third kappa shape index (κ3) is 1.95. The molecule has 0 aliphatic carbocycles. The summed E-state index contributed by atoms with van der Waals surface area (Å²) in [6.45, 7) is 7.22. The van der Waals surface area contributed by atoms with Crippen molar-refractivity contribution in [2.24, 2.45) is 0 Å². The molecule has 0 unspecified atom stereocenters. The van der Waals surface area contributed by atoms with E-state index in [1.165, 1.54) is 11.3 Å². The van der Waals surface area contributed by atoms with E-state index in [4.69, 9.17) is 11.6 Å². The number of halogens is 1. The van der Waals surface area contributed by atoms with Crippen molar-refractivity contribution in [2.45, 2.75) is 33.4 Å². The van der Waals surface area contributed by atoms with Crippen LogP contribution in [0.3, 0.4) is 0 Å². The van der Waals surface area contributed by atoms with Gasteiger partial charge in [0.05, 0.1) is 10.5 Å². The molecule has 0 saturated heterocycles. The van der Waals surface area contributed by atoms with Gasteiger partial charge in [0.25, 0.3) is 0 Å². The Hall–Kier alpha value is -0.990. The van der Waals surface area contributed by atoms with Gasteiger partial charge in [-0.25, -0.2) is 0 Å². The first kappa shape index (κ1) is 11.5. The van der Waals surface area contributed by atoms with Crippen LogP contribution in [0.1, 0.15) is 25.1 Å². The second-order valence-corrected chi connectivity index (χ2v) is 4.76. The third-order valence-electron chi connectivity index (χ3n) is 2.82. The molecule has 2 heterocycles. The van der Waals surface area contributed by atoms with Crippen LogP contribution >= 0.6 is 11.6 Å². The van der Waals surface area contributed by atoms with Crippen LogP contribution in [0, 0.1) is 6.92 Å². The first-order chi connectivity index (χ1) is 7.61. The van der Waals surface area contributed by atoms with E-state index in [0.29, 0.717) is 6.04 Å². The van der Waals surface area contributed by atoms with Gasteiger partial charge in [0.15, 0.2) is 0 Å². The number of pyridine rings is 1. The quantitative estimate of drug-likeness (QED) is 0.864. The first-order valence-corrected chi connectivity index (χ1v) is 5.96. The van der Waals surface area contributed by atoms with Crippen molar-refractivity contribution < 1.29 is 0 Å². The summed E-state index contributed by atoms with van der Waals surface area (Å²) in [5, 5.41) is 4.29. The average molecular weight is 237 g/mol. The minimum atomic E-state index is 0.479. The number of nitrogens with one attached hydrogen (secondary N) is 1. The Kier molecular flexibility index (Phi) is 3.22. The fourth-order valence-electron chi connectivity index (χ4n) is 1.88. The van der Waals surface area contributed by atoms with Gasteiger partial charge >= 0.3 is 0 Å². The predicted molar refractivity (Wildman–Crippen MR) is 69.1 cm³/mol. The Morgan fingerprint density at radius 1 is 1.38 bits per heavy atom.